The number of terminal acetylenes is 1. The first kappa shape index (κ1) is 15.2. The maximum Gasteiger partial charge on any atom is 0.224 e. The number of hydrogen-bond acceptors (Lipinski definition) is 4. The Morgan fingerprint density at radius 3 is 2.96 bits per heavy atom. The Hall–Kier alpha value is -2.68. The second kappa shape index (κ2) is 6.21. The van der Waals surface area contributed by atoms with Crippen LogP contribution < -0.4 is 5.32 Å². The second-order valence-electron chi connectivity index (χ2n) is 5.84. The average molecular weight is 309 g/mol. The van der Waals surface area contributed by atoms with Gasteiger partial charge in [-0.1, -0.05) is 6.07 Å². The normalized spacial score (nSPS) is 14.6. The predicted octanol–water partition coefficient (Wildman–Crippen LogP) is 2.20. The maximum atomic E-state index is 12.0. The molecule has 0 bridgehead atoms. The van der Waals surface area contributed by atoms with E-state index in [4.69, 9.17) is 6.42 Å². The van der Waals surface area contributed by atoms with Gasteiger partial charge in [-0.05, 0) is 17.7 Å². The summed E-state index contributed by atoms with van der Waals surface area (Å²) >= 11 is 0. The van der Waals surface area contributed by atoms with E-state index in [0.717, 1.165) is 23.0 Å². The van der Waals surface area contributed by atoms with E-state index in [2.05, 4.69) is 26.4 Å². The number of amides is 1. The van der Waals surface area contributed by atoms with Crippen molar-refractivity contribution in [2.24, 2.45) is 17.3 Å². The average Bonchev–Trinajstić information content (AvgIpc) is 3.22. The SMILES string of the molecule is C#CCCC1(CCNC(=O)Cc2ccc3c(c2)ncn3C)N=N1. The number of nitrogens with one attached hydrogen (secondary N) is 1. The smallest absolute Gasteiger partial charge is 0.224 e. The highest BCUT2D eigenvalue weighted by atomic mass is 16.1. The van der Waals surface area contributed by atoms with Gasteiger partial charge in [0.1, 0.15) is 0 Å². The van der Waals surface area contributed by atoms with Crippen molar-refractivity contribution in [1.29, 1.82) is 0 Å². The third kappa shape index (κ3) is 3.57. The van der Waals surface area contributed by atoms with E-state index >= 15 is 0 Å². The van der Waals surface area contributed by atoms with E-state index in [-0.39, 0.29) is 11.6 Å². The molecule has 0 radical (unpaired) electrons. The zero-order valence-electron chi connectivity index (χ0n) is 13.1. The van der Waals surface area contributed by atoms with Crippen LogP contribution in [0.3, 0.4) is 0 Å². The minimum atomic E-state index is -0.341. The first-order valence-electron chi connectivity index (χ1n) is 7.66. The Labute approximate surface area is 135 Å². The molecule has 1 aromatic carbocycles. The summed E-state index contributed by atoms with van der Waals surface area (Å²) in [5.74, 6) is 2.59. The van der Waals surface area contributed by atoms with Gasteiger partial charge in [-0.25, -0.2) is 4.98 Å². The molecule has 0 fully saturated rings. The lowest BCUT2D eigenvalue weighted by atomic mass is 10.0. The fourth-order valence-electron chi connectivity index (χ4n) is 2.61. The summed E-state index contributed by atoms with van der Waals surface area (Å²) in [5, 5.41) is 11.0. The fourth-order valence-corrected chi connectivity index (χ4v) is 2.61. The van der Waals surface area contributed by atoms with Crippen LogP contribution in [0.1, 0.15) is 24.8 Å². The number of fused-ring (bicyclic) bond motifs is 1. The quantitative estimate of drug-likeness (QED) is 0.796. The van der Waals surface area contributed by atoms with Crippen LogP contribution >= 0.6 is 0 Å². The lowest BCUT2D eigenvalue weighted by Gasteiger charge is -2.10. The van der Waals surface area contributed by atoms with Crippen molar-refractivity contribution in [3.05, 3.63) is 30.1 Å². The van der Waals surface area contributed by atoms with Crippen LogP contribution in [0.5, 0.6) is 0 Å². The number of nitrogens with zero attached hydrogens (tertiary/aromatic N) is 4. The summed E-state index contributed by atoms with van der Waals surface area (Å²) in [6.07, 6.45) is 9.50. The molecule has 2 heterocycles. The summed E-state index contributed by atoms with van der Waals surface area (Å²) in [4.78, 5) is 16.4. The van der Waals surface area contributed by atoms with Crippen molar-refractivity contribution < 1.29 is 4.79 Å². The van der Waals surface area contributed by atoms with Gasteiger partial charge in [-0.3, -0.25) is 4.79 Å². The van der Waals surface area contributed by atoms with Gasteiger partial charge in [-0.15, -0.1) is 12.3 Å². The zero-order chi connectivity index (χ0) is 16.3. The summed E-state index contributed by atoms with van der Waals surface area (Å²) < 4.78 is 1.96. The lowest BCUT2D eigenvalue weighted by Crippen LogP contribution is -2.29. The highest BCUT2D eigenvalue weighted by molar-refractivity contribution is 5.81. The molecule has 3 rings (SSSR count). The number of carbonyl (C=O) groups is 1. The Morgan fingerprint density at radius 2 is 2.22 bits per heavy atom. The number of imidazole rings is 1. The van der Waals surface area contributed by atoms with Crippen molar-refractivity contribution in [1.82, 2.24) is 14.9 Å². The van der Waals surface area contributed by atoms with Gasteiger partial charge in [0, 0.05) is 32.9 Å². The molecule has 1 aliphatic heterocycles. The minimum absolute atomic E-state index is 0.00645. The Bertz CT molecular complexity index is 793. The summed E-state index contributed by atoms with van der Waals surface area (Å²) in [6, 6.07) is 5.90. The van der Waals surface area contributed by atoms with Crippen LogP contribution in [0.4, 0.5) is 0 Å². The Morgan fingerprint density at radius 1 is 1.39 bits per heavy atom. The maximum absolute atomic E-state index is 12.0. The number of rotatable bonds is 7. The predicted molar refractivity (Wildman–Crippen MR) is 87.7 cm³/mol. The van der Waals surface area contributed by atoms with Gasteiger partial charge < -0.3 is 9.88 Å². The Balaban J connectivity index is 1.48. The van der Waals surface area contributed by atoms with Crippen molar-refractivity contribution in [3.8, 4) is 12.3 Å². The molecule has 1 aromatic heterocycles. The molecule has 6 nitrogen and oxygen atoms in total. The zero-order valence-corrected chi connectivity index (χ0v) is 13.1. The van der Waals surface area contributed by atoms with E-state index in [0.29, 0.717) is 25.8 Å². The van der Waals surface area contributed by atoms with Crippen LogP contribution in [-0.4, -0.2) is 27.7 Å². The molecule has 0 aliphatic carbocycles. The minimum Gasteiger partial charge on any atom is -0.356 e. The first-order chi connectivity index (χ1) is 11.1. The van der Waals surface area contributed by atoms with Gasteiger partial charge in [0.2, 0.25) is 5.91 Å². The molecule has 0 unspecified atom stereocenters. The molecule has 0 saturated carbocycles. The lowest BCUT2D eigenvalue weighted by molar-refractivity contribution is -0.120. The van der Waals surface area contributed by atoms with Crippen LogP contribution in [-0.2, 0) is 18.3 Å². The molecular formula is C17H19N5O. The summed E-state index contributed by atoms with van der Waals surface area (Å²) in [5.41, 5.74) is 2.58. The van der Waals surface area contributed by atoms with Gasteiger partial charge in [0.25, 0.3) is 0 Å². The monoisotopic (exact) mass is 309 g/mol. The standard InChI is InChI=1S/C17H19N5O/c1-3-4-7-17(20-21-17)8-9-18-16(23)11-13-5-6-15-14(10-13)19-12-22(15)2/h1,5-6,10,12H,4,7-9,11H2,2H3,(H,18,23). The number of aromatic nitrogens is 2. The van der Waals surface area contributed by atoms with Gasteiger partial charge >= 0.3 is 0 Å². The van der Waals surface area contributed by atoms with Gasteiger partial charge in [0.05, 0.1) is 23.8 Å². The number of carbonyl (C=O) groups excluding carboxylic acids is 1. The van der Waals surface area contributed by atoms with Gasteiger partial charge in [-0.2, -0.15) is 10.2 Å². The molecule has 1 N–H and O–H groups in total. The molecular weight excluding hydrogens is 290 g/mol. The molecule has 1 aliphatic rings. The van der Waals surface area contributed by atoms with Crippen molar-refractivity contribution >= 4 is 16.9 Å². The molecule has 118 valence electrons. The van der Waals surface area contributed by atoms with E-state index in [9.17, 15) is 4.79 Å². The highest BCUT2D eigenvalue weighted by Crippen LogP contribution is 2.35. The second-order valence-corrected chi connectivity index (χ2v) is 5.84. The molecule has 0 spiro atoms. The molecule has 0 saturated heterocycles. The fraction of sp³-hybridized carbons (Fsp3) is 0.412. The molecule has 23 heavy (non-hydrogen) atoms. The van der Waals surface area contributed by atoms with E-state index in [1.807, 2.05) is 29.8 Å². The van der Waals surface area contributed by atoms with E-state index in [1.54, 1.807) is 6.33 Å². The van der Waals surface area contributed by atoms with Crippen LogP contribution in [0.25, 0.3) is 11.0 Å². The number of aryl methyl sites for hydroxylation is 1. The van der Waals surface area contributed by atoms with Crippen molar-refractivity contribution in [2.75, 3.05) is 6.54 Å². The largest absolute Gasteiger partial charge is 0.356 e. The molecule has 0 atom stereocenters. The third-order valence-electron chi connectivity index (χ3n) is 4.05. The summed E-state index contributed by atoms with van der Waals surface area (Å²) in [7, 11) is 1.95. The highest BCUT2D eigenvalue weighted by Gasteiger charge is 2.38. The van der Waals surface area contributed by atoms with E-state index in [1.165, 1.54) is 0 Å². The van der Waals surface area contributed by atoms with Crippen LogP contribution in [0.15, 0.2) is 34.8 Å². The molecule has 6 heteroatoms. The van der Waals surface area contributed by atoms with Crippen LogP contribution in [0, 0.1) is 12.3 Å². The van der Waals surface area contributed by atoms with Crippen molar-refractivity contribution in [3.63, 3.8) is 0 Å². The molecule has 1 amide bonds. The van der Waals surface area contributed by atoms with Crippen LogP contribution in [0.2, 0.25) is 0 Å². The van der Waals surface area contributed by atoms with E-state index < -0.39 is 0 Å². The van der Waals surface area contributed by atoms with Crippen molar-refractivity contribution in [2.45, 2.75) is 31.3 Å². The third-order valence-corrected chi connectivity index (χ3v) is 4.05. The first-order valence-corrected chi connectivity index (χ1v) is 7.66. The number of benzene rings is 1. The van der Waals surface area contributed by atoms with Gasteiger partial charge in [0.15, 0.2) is 5.66 Å². The number of hydrogen-bond donors (Lipinski definition) is 1. The topological polar surface area (TPSA) is 71.6 Å². The molecule has 2 aromatic rings. The Kier molecular flexibility index (Phi) is 4.11. The summed E-state index contributed by atoms with van der Waals surface area (Å²) in [6.45, 7) is 0.558.